The number of rotatable bonds is 7. The van der Waals surface area contributed by atoms with Crippen LogP contribution in [0.15, 0.2) is 53.1 Å². The maximum absolute atomic E-state index is 12.0. The molecule has 3 aromatic rings. The molecule has 0 aliphatic carbocycles. The second-order valence-electron chi connectivity index (χ2n) is 5.65. The zero-order valence-electron chi connectivity index (χ0n) is 14.2. The normalized spacial score (nSPS) is 10.5. The number of methoxy groups -OCH3 is 1. The SMILES string of the molecule is COc1cccc(-c2noc(CCC(=O)NCc3ccc(Cl)cc3)n2)c1. The third kappa shape index (κ3) is 4.83. The summed E-state index contributed by atoms with van der Waals surface area (Å²) in [5.74, 6) is 1.53. The molecular formula is C19H18ClN3O3. The maximum atomic E-state index is 12.0. The van der Waals surface area contributed by atoms with E-state index in [2.05, 4.69) is 15.5 Å². The van der Waals surface area contributed by atoms with Gasteiger partial charge in [0.2, 0.25) is 17.6 Å². The van der Waals surface area contributed by atoms with Gasteiger partial charge in [0.25, 0.3) is 0 Å². The Hall–Kier alpha value is -2.86. The minimum Gasteiger partial charge on any atom is -0.497 e. The molecule has 6 nitrogen and oxygen atoms in total. The van der Waals surface area contributed by atoms with Gasteiger partial charge in [-0.05, 0) is 29.8 Å². The molecule has 1 N–H and O–H groups in total. The Labute approximate surface area is 156 Å². The molecule has 2 aromatic carbocycles. The molecule has 7 heteroatoms. The minimum absolute atomic E-state index is 0.0823. The number of carbonyl (C=O) groups excluding carboxylic acids is 1. The van der Waals surface area contributed by atoms with Crippen LogP contribution in [0.4, 0.5) is 0 Å². The van der Waals surface area contributed by atoms with Crippen molar-refractivity contribution >= 4 is 17.5 Å². The summed E-state index contributed by atoms with van der Waals surface area (Å²) in [5.41, 5.74) is 1.78. The lowest BCUT2D eigenvalue weighted by molar-refractivity contribution is -0.121. The molecule has 1 amide bonds. The van der Waals surface area contributed by atoms with Gasteiger partial charge in [-0.1, -0.05) is 41.0 Å². The highest BCUT2D eigenvalue weighted by Crippen LogP contribution is 2.21. The van der Waals surface area contributed by atoms with Crippen molar-refractivity contribution < 1.29 is 14.1 Å². The molecule has 0 aliphatic heterocycles. The fourth-order valence-electron chi connectivity index (χ4n) is 2.35. The van der Waals surface area contributed by atoms with E-state index in [0.717, 1.165) is 16.9 Å². The van der Waals surface area contributed by atoms with Crippen LogP contribution in [0.1, 0.15) is 17.9 Å². The lowest BCUT2D eigenvalue weighted by Crippen LogP contribution is -2.23. The molecule has 0 unspecified atom stereocenters. The molecule has 0 saturated heterocycles. The Morgan fingerprint density at radius 3 is 2.81 bits per heavy atom. The third-order valence-electron chi connectivity index (χ3n) is 3.76. The minimum atomic E-state index is -0.0823. The number of ether oxygens (including phenoxy) is 1. The van der Waals surface area contributed by atoms with E-state index >= 15 is 0 Å². The average Bonchev–Trinajstić information content (AvgIpc) is 3.15. The number of carbonyl (C=O) groups is 1. The summed E-state index contributed by atoms with van der Waals surface area (Å²) in [6.45, 7) is 0.453. The molecule has 0 bridgehead atoms. The molecule has 3 rings (SSSR count). The van der Waals surface area contributed by atoms with Crippen LogP contribution >= 0.6 is 11.6 Å². The Bertz CT molecular complexity index is 878. The van der Waals surface area contributed by atoms with Gasteiger partial charge in [-0.3, -0.25) is 4.79 Å². The van der Waals surface area contributed by atoms with Gasteiger partial charge in [-0.2, -0.15) is 4.98 Å². The zero-order valence-corrected chi connectivity index (χ0v) is 15.0. The number of aromatic nitrogens is 2. The van der Waals surface area contributed by atoms with Crippen molar-refractivity contribution in [2.45, 2.75) is 19.4 Å². The van der Waals surface area contributed by atoms with Gasteiger partial charge in [0.1, 0.15) is 5.75 Å². The maximum Gasteiger partial charge on any atom is 0.227 e. The summed E-state index contributed by atoms with van der Waals surface area (Å²) in [7, 11) is 1.60. The van der Waals surface area contributed by atoms with Crippen LogP contribution in [0.5, 0.6) is 5.75 Å². The Kier molecular flexibility index (Phi) is 5.86. The number of halogens is 1. The molecule has 0 spiro atoms. The van der Waals surface area contributed by atoms with E-state index in [9.17, 15) is 4.79 Å². The Balaban J connectivity index is 1.51. The number of amides is 1. The van der Waals surface area contributed by atoms with Crippen molar-refractivity contribution in [3.8, 4) is 17.1 Å². The third-order valence-corrected chi connectivity index (χ3v) is 4.02. The van der Waals surface area contributed by atoms with Crippen LogP contribution in [-0.4, -0.2) is 23.2 Å². The first-order chi connectivity index (χ1) is 12.6. The fraction of sp³-hybridized carbons (Fsp3) is 0.211. The predicted octanol–water partition coefficient (Wildman–Crippen LogP) is 3.65. The largest absolute Gasteiger partial charge is 0.497 e. The summed E-state index contributed by atoms with van der Waals surface area (Å²) in [6.07, 6.45) is 0.650. The standard InChI is InChI=1S/C19H18ClN3O3/c1-25-16-4-2-3-14(11-16)19-22-18(26-23-19)10-9-17(24)21-12-13-5-7-15(20)8-6-13/h2-8,11H,9-10,12H2,1H3,(H,21,24). The molecule has 134 valence electrons. The number of hydrogen-bond donors (Lipinski definition) is 1. The number of nitrogens with one attached hydrogen (secondary N) is 1. The van der Waals surface area contributed by atoms with Gasteiger partial charge in [0, 0.05) is 30.0 Å². The fourth-order valence-corrected chi connectivity index (χ4v) is 2.47. The zero-order chi connectivity index (χ0) is 18.4. The van der Waals surface area contributed by atoms with E-state index < -0.39 is 0 Å². The summed E-state index contributed by atoms with van der Waals surface area (Å²) < 4.78 is 10.4. The van der Waals surface area contributed by atoms with E-state index in [1.54, 1.807) is 19.2 Å². The topological polar surface area (TPSA) is 77.2 Å². The number of nitrogens with zero attached hydrogens (tertiary/aromatic N) is 2. The first kappa shape index (κ1) is 17.9. The summed E-state index contributed by atoms with van der Waals surface area (Å²) in [4.78, 5) is 16.3. The smallest absolute Gasteiger partial charge is 0.227 e. The molecule has 26 heavy (non-hydrogen) atoms. The van der Waals surface area contributed by atoms with Gasteiger partial charge < -0.3 is 14.6 Å². The van der Waals surface area contributed by atoms with Gasteiger partial charge in [-0.15, -0.1) is 0 Å². The van der Waals surface area contributed by atoms with Crippen molar-refractivity contribution in [3.05, 3.63) is 65.0 Å². The highest BCUT2D eigenvalue weighted by molar-refractivity contribution is 6.30. The number of aryl methyl sites for hydroxylation is 1. The molecule has 0 saturated carbocycles. The summed E-state index contributed by atoms with van der Waals surface area (Å²) in [5, 5.41) is 7.48. The van der Waals surface area contributed by atoms with E-state index in [4.69, 9.17) is 20.9 Å². The van der Waals surface area contributed by atoms with Crippen molar-refractivity contribution in [1.82, 2.24) is 15.5 Å². The second kappa shape index (κ2) is 8.49. The van der Waals surface area contributed by atoms with Gasteiger partial charge >= 0.3 is 0 Å². The molecule has 0 fully saturated rings. The van der Waals surface area contributed by atoms with Crippen LogP contribution in [0.25, 0.3) is 11.4 Å². The van der Waals surface area contributed by atoms with Crippen molar-refractivity contribution in [2.75, 3.05) is 7.11 Å². The van der Waals surface area contributed by atoms with E-state index in [1.807, 2.05) is 36.4 Å². The highest BCUT2D eigenvalue weighted by atomic mass is 35.5. The second-order valence-corrected chi connectivity index (χ2v) is 6.08. The number of hydrogen-bond acceptors (Lipinski definition) is 5. The van der Waals surface area contributed by atoms with E-state index in [-0.39, 0.29) is 12.3 Å². The van der Waals surface area contributed by atoms with Crippen LogP contribution in [0.3, 0.4) is 0 Å². The number of benzene rings is 2. The highest BCUT2D eigenvalue weighted by Gasteiger charge is 2.11. The first-order valence-corrected chi connectivity index (χ1v) is 8.50. The lowest BCUT2D eigenvalue weighted by atomic mass is 10.2. The van der Waals surface area contributed by atoms with Crippen molar-refractivity contribution in [2.24, 2.45) is 0 Å². The molecule has 0 aliphatic rings. The van der Waals surface area contributed by atoms with E-state index in [0.29, 0.717) is 29.7 Å². The van der Waals surface area contributed by atoms with Crippen molar-refractivity contribution in [1.29, 1.82) is 0 Å². The Morgan fingerprint density at radius 2 is 2.04 bits per heavy atom. The molecule has 1 heterocycles. The molecule has 0 atom stereocenters. The first-order valence-electron chi connectivity index (χ1n) is 8.12. The monoisotopic (exact) mass is 371 g/mol. The molecule has 1 aromatic heterocycles. The van der Waals surface area contributed by atoms with Crippen LogP contribution in [0.2, 0.25) is 5.02 Å². The van der Waals surface area contributed by atoms with Crippen molar-refractivity contribution in [3.63, 3.8) is 0 Å². The van der Waals surface area contributed by atoms with Gasteiger partial charge in [0.05, 0.1) is 7.11 Å². The Morgan fingerprint density at radius 1 is 1.23 bits per heavy atom. The van der Waals surface area contributed by atoms with Crippen LogP contribution < -0.4 is 10.1 Å². The van der Waals surface area contributed by atoms with Gasteiger partial charge in [0.15, 0.2) is 0 Å². The predicted molar refractivity (Wildman–Crippen MR) is 97.9 cm³/mol. The van der Waals surface area contributed by atoms with Crippen LogP contribution in [-0.2, 0) is 17.8 Å². The summed E-state index contributed by atoms with van der Waals surface area (Å²) in [6, 6.07) is 14.7. The summed E-state index contributed by atoms with van der Waals surface area (Å²) >= 11 is 5.84. The van der Waals surface area contributed by atoms with Crippen LogP contribution in [0, 0.1) is 0 Å². The quantitative estimate of drug-likeness (QED) is 0.686. The van der Waals surface area contributed by atoms with Gasteiger partial charge in [-0.25, -0.2) is 0 Å². The molecule has 0 radical (unpaired) electrons. The average molecular weight is 372 g/mol. The lowest BCUT2D eigenvalue weighted by Gasteiger charge is -2.04. The molecular weight excluding hydrogens is 354 g/mol. The van der Waals surface area contributed by atoms with E-state index in [1.165, 1.54) is 0 Å².